The third kappa shape index (κ3) is 3.22. The van der Waals surface area contributed by atoms with Crippen LogP contribution >= 0.6 is 0 Å². The van der Waals surface area contributed by atoms with Crippen molar-refractivity contribution < 1.29 is 4.74 Å². The Kier molecular flexibility index (Phi) is 5.00. The van der Waals surface area contributed by atoms with Crippen LogP contribution in [0.3, 0.4) is 0 Å². The van der Waals surface area contributed by atoms with Gasteiger partial charge in [0.15, 0.2) is 0 Å². The SMILES string of the molecule is CCCOc1cncc(C2CCC2CNCC)c1. The molecule has 100 valence electrons. The molecule has 0 amide bonds. The first-order valence-corrected chi connectivity index (χ1v) is 7.13. The lowest BCUT2D eigenvalue weighted by atomic mass is 9.70. The molecule has 0 saturated heterocycles. The maximum Gasteiger partial charge on any atom is 0.137 e. The zero-order valence-electron chi connectivity index (χ0n) is 11.5. The molecule has 1 heterocycles. The second kappa shape index (κ2) is 6.74. The minimum atomic E-state index is 0.668. The zero-order valence-corrected chi connectivity index (χ0v) is 11.5. The van der Waals surface area contributed by atoms with Gasteiger partial charge >= 0.3 is 0 Å². The van der Waals surface area contributed by atoms with E-state index in [9.17, 15) is 0 Å². The number of pyridine rings is 1. The summed E-state index contributed by atoms with van der Waals surface area (Å²) in [4.78, 5) is 4.31. The van der Waals surface area contributed by atoms with Gasteiger partial charge < -0.3 is 10.1 Å². The normalized spacial score (nSPS) is 22.6. The highest BCUT2D eigenvalue weighted by molar-refractivity contribution is 5.28. The minimum absolute atomic E-state index is 0.668. The van der Waals surface area contributed by atoms with E-state index in [2.05, 4.69) is 30.2 Å². The van der Waals surface area contributed by atoms with E-state index >= 15 is 0 Å². The van der Waals surface area contributed by atoms with E-state index in [1.807, 2.05) is 12.4 Å². The highest BCUT2D eigenvalue weighted by Gasteiger charge is 2.31. The Bertz CT molecular complexity index is 367. The number of rotatable bonds is 7. The van der Waals surface area contributed by atoms with Gasteiger partial charge in [-0.1, -0.05) is 13.8 Å². The fourth-order valence-corrected chi connectivity index (χ4v) is 2.52. The Hall–Kier alpha value is -1.09. The molecule has 0 aliphatic heterocycles. The van der Waals surface area contributed by atoms with E-state index in [4.69, 9.17) is 4.74 Å². The second-order valence-corrected chi connectivity index (χ2v) is 5.05. The summed E-state index contributed by atoms with van der Waals surface area (Å²) >= 11 is 0. The molecule has 1 aliphatic carbocycles. The summed E-state index contributed by atoms with van der Waals surface area (Å²) in [6.45, 7) is 7.24. The lowest BCUT2D eigenvalue weighted by Crippen LogP contribution is -2.33. The van der Waals surface area contributed by atoms with E-state index in [1.165, 1.54) is 18.4 Å². The molecule has 2 unspecified atom stereocenters. The number of hydrogen-bond acceptors (Lipinski definition) is 3. The number of nitrogens with one attached hydrogen (secondary N) is 1. The molecule has 1 aliphatic rings. The van der Waals surface area contributed by atoms with Crippen LogP contribution in [0.2, 0.25) is 0 Å². The summed E-state index contributed by atoms with van der Waals surface area (Å²) in [6.07, 6.45) is 7.47. The zero-order chi connectivity index (χ0) is 12.8. The quantitative estimate of drug-likeness (QED) is 0.805. The average Bonchev–Trinajstić information content (AvgIpc) is 2.36. The fraction of sp³-hybridized carbons (Fsp3) is 0.667. The standard InChI is InChI=1S/C15H24N2O/c1-3-7-18-14-8-13(10-17-11-14)15-6-5-12(15)9-16-4-2/h8,10-12,15-16H,3-7,9H2,1-2H3. The van der Waals surface area contributed by atoms with Crippen LogP contribution in [0.1, 0.15) is 44.6 Å². The van der Waals surface area contributed by atoms with Crippen molar-refractivity contribution in [1.82, 2.24) is 10.3 Å². The summed E-state index contributed by atoms with van der Waals surface area (Å²) in [7, 11) is 0. The van der Waals surface area contributed by atoms with Crippen molar-refractivity contribution in [1.29, 1.82) is 0 Å². The van der Waals surface area contributed by atoms with Crippen LogP contribution in [0, 0.1) is 5.92 Å². The Morgan fingerprint density at radius 2 is 2.22 bits per heavy atom. The Labute approximate surface area is 110 Å². The van der Waals surface area contributed by atoms with E-state index in [-0.39, 0.29) is 0 Å². The Morgan fingerprint density at radius 3 is 2.89 bits per heavy atom. The maximum atomic E-state index is 5.65. The molecule has 18 heavy (non-hydrogen) atoms. The van der Waals surface area contributed by atoms with Gasteiger partial charge in [-0.15, -0.1) is 0 Å². The van der Waals surface area contributed by atoms with E-state index in [1.54, 1.807) is 0 Å². The predicted molar refractivity (Wildman–Crippen MR) is 74.0 cm³/mol. The van der Waals surface area contributed by atoms with Crippen LogP contribution in [-0.2, 0) is 0 Å². The van der Waals surface area contributed by atoms with Gasteiger partial charge in [0.2, 0.25) is 0 Å². The molecular weight excluding hydrogens is 224 g/mol. The fourth-order valence-electron chi connectivity index (χ4n) is 2.52. The smallest absolute Gasteiger partial charge is 0.137 e. The number of nitrogens with zero attached hydrogens (tertiary/aromatic N) is 1. The summed E-state index contributed by atoms with van der Waals surface area (Å²) < 4.78 is 5.65. The summed E-state index contributed by atoms with van der Waals surface area (Å²) in [5.41, 5.74) is 1.35. The molecule has 1 aromatic rings. The van der Waals surface area contributed by atoms with Gasteiger partial charge in [-0.2, -0.15) is 0 Å². The molecule has 0 bridgehead atoms. The van der Waals surface area contributed by atoms with Crippen LogP contribution < -0.4 is 10.1 Å². The second-order valence-electron chi connectivity index (χ2n) is 5.05. The molecule has 3 heteroatoms. The van der Waals surface area contributed by atoms with Gasteiger partial charge in [0.05, 0.1) is 12.8 Å². The predicted octanol–water partition coefficient (Wildman–Crippen LogP) is 2.97. The van der Waals surface area contributed by atoms with Crippen LogP contribution in [0.5, 0.6) is 5.75 Å². The first-order chi connectivity index (χ1) is 8.85. The summed E-state index contributed by atoms with van der Waals surface area (Å²) in [5, 5.41) is 3.45. The van der Waals surface area contributed by atoms with Crippen molar-refractivity contribution in [2.45, 2.75) is 39.0 Å². The molecule has 1 fully saturated rings. The largest absolute Gasteiger partial charge is 0.492 e. The summed E-state index contributed by atoms with van der Waals surface area (Å²) in [6, 6.07) is 2.17. The Morgan fingerprint density at radius 1 is 1.33 bits per heavy atom. The van der Waals surface area contributed by atoms with E-state index < -0.39 is 0 Å². The van der Waals surface area contributed by atoms with Gasteiger partial charge in [-0.05, 0) is 55.8 Å². The number of ether oxygens (including phenoxy) is 1. The molecule has 3 nitrogen and oxygen atoms in total. The van der Waals surface area contributed by atoms with Crippen molar-refractivity contribution in [2.24, 2.45) is 5.92 Å². The number of aromatic nitrogens is 1. The topological polar surface area (TPSA) is 34.1 Å². The van der Waals surface area contributed by atoms with Crippen molar-refractivity contribution >= 4 is 0 Å². The van der Waals surface area contributed by atoms with Crippen LogP contribution in [0.4, 0.5) is 0 Å². The van der Waals surface area contributed by atoms with Gasteiger partial charge in [-0.25, -0.2) is 0 Å². The molecule has 1 N–H and O–H groups in total. The van der Waals surface area contributed by atoms with Gasteiger partial charge in [-0.3, -0.25) is 4.98 Å². The third-order valence-corrected chi connectivity index (χ3v) is 3.71. The van der Waals surface area contributed by atoms with E-state index in [0.717, 1.165) is 37.8 Å². The van der Waals surface area contributed by atoms with Gasteiger partial charge in [0.25, 0.3) is 0 Å². The number of hydrogen-bond donors (Lipinski definition) is 1. The van der Waals surface area contributed by atoms with Crippen molar-refractivity contribution in [3.8, 4) is 5.75 Å². The van der Waals surface area contributed by atoms with Crippen molar-refractivity contribution in [3.63, 3.8) is 0 Å². The molecule has 2 atom stereocenters. The van der Waals surface area contributed by atoms with E-state index in [0.29, 0.717) is 5.92 Å². The van der Waals surface area contributed by atoms with Crippen LogP contribution in [0.15, 0.2) is 18.5 Å². The summed E-state index contributed by atoms with van der Waals surface area (Å²) in [5.74, 6) is 2.36. The third-order valence-electron chi connectivity index (χ3n) is 3.71. The first-order valence-electron chi connectivity index (χ1n) is 7.13. The molecule has 0 radical (unpaired) electrons. The highest BCUT2D eigenvalue weighted by Crippen LogP contribution is 2.42. The minimum Gasteiger partial charge on any atom is -0.492 e. The molecular formula is C15H24N2O. The molecule has 0 aromatic carbocycles. The molecule has 1 saturated carbocycles. The monoisotopic (exact) mass is 248 g/mol. The van der Waals surface area contributed by atoms with Gasteiger partial charge in [0, 0.05) is 6.20 Å². The lowest BCUT2D eigenvalue weighted by Gasteiger charge is -2.37. The van der Waals surface area contributed by atoms with Crippen LogP contribution in [-0.4, -0.2) is 24.7 Å². The molecule has 1 aromatic heterocycles. The molecule has 2 rings (SSSR count). The van der Waals surface area contributed by atoms with Crippen LogP contribution in [0.25, 0.3) is 0 Å². The highest BCUT2D eigenvalue weighted by atomic mass is 16.5. The first kappa shape index (κ1) is 13.3. The average molecular weight is 248 g/mol. The van der Waals surface area contributed by atoms with Gasteiger partial charge in [0.1, 0.15) is 5.75 Å². The van der Waals surface area contributed by atoms with Crippen molar-refractivity contribution in [2.75, 3.05) is 19.7 Å². The van der Waals surface area contributed by atoms with Crippen molar-refractivity contribution in [3.05, 3.63) is 24.0 Å². The lowest BCUT2D eigenvalue weighted by molar-refractivity contribution is 0.245. The Balaban J connectivity index is 1.95. The molecule has 0 spiro atoms. The maximum absolute atomic E-state index is 5.65.